The normalized spacial score (nSPS) is 11.9. The van der Waals surface area contributed by atoms with Gasteiger partial charge in [0, 0.05) is 11.4 Å². The molecule has 0 bridgehead atoms. The number of aliphatic carboxylic acids is 1. The minimum absolute atomic E-state index is 0.207. The standard InChI is InChI=1S/C18H16N2O6S/c1-9(18(23)24)19-16(21)7-25-11-3-4-12-15(5-11)26-6-13(17(12)22)14-8-27-10(2)20-14/h3-6,8-9H,7H2,1-2H3,(H,19,21)(H,23,24)/t9-/m1/s1. The first-order valence-corrected chi connectivity index (χ1v) is 8.86. The molecule has 8 nitrogen and oxygen atoms in total. The Bertz CT molecular complexity index is 1070. The van der Waals surface area contributed by atoms with Crippen molar-refractivity contribution in [3.63, 3.8) is 0 Å². The molecule has 2 heterocycles. The number of aryl methyl sites for hydroxylation is 1. The summed E-state index contributed by atoms with van der Waals surface area (Å²) in [4.78, 5) is 39.3. The van der Waals surface area contributed by atoms with Gasteiger partial charge in [0.15, 0.2) is 6.61 Å². The molecule has 3 rings (SSSR count). The van der Waals surface area contributed by atoms with Gasteiger partial charge in [0.05, 0.1) is 21.7 Å². The molecule has 0 aliphatic rings. The fraction of sp³-hybridized carbons (Fsp3) is 0.222. The van der Waals surface area contributed by atoms with E-state index in [9.17, 15) is 14.4 Å². The number of ether oxygens (including phenoxy) is 1. The van der Waals surface area contributed by atoms with Gasteiger partial charge in [0.2, 0.25) is 5.43 Å². The number of hydrogen-bond acceptors (Lipinski definition) is 7. The van der Waals surface area contributed by atoms with E-state index in [1.165, 1.54) is 30.6 Å². The molecular weight excluding hydrogens is 372 g/mol. The maximum Gasteiger partial charge on any atom is 0.325 e. The van der Waals surface area contributed by atoms with Crippen molar-refractivity contribution in [2.75, 3.05) is 6.61 Å². The second-order valence-corrected chi connectivity index (χ2v) is 6.87. The van der Waals surface area contributed by atoms with Crippen molar-refractivity contribution in [3.8, 4) is 17.0 Å². The van der Waals surface area contributed by atoms with Crippen LogP contribution in [0.2, 0.25) is 0 Å². The van der Waals surface area contributed by atoms with Crippen LogP contribution in [0.15, 0.2) is 39.1 Å². The summed E-state index contributed by atoms with van der Waals surface area (Å²) in [5, 5.41) is 14.1. The molecule has 0 unspecified atom stereocenters. The van der Waals surface area contributed by atoms with Crippen molar-refractivity contribution in [1.29, 1.82) is 0 Å². The maximum absolute atomic E-state index is 12.6. The fourth-order valence-corrected chi connectivity index (χ4v) is 2.97. The van der Waals surface area contributed by atoms with Gasteiger partial charge in [-0.3, -0.25) is 14.4 Å². The number of carbonyl (C=O) groups excluding carboxylic acids is 1. The van der Waals surface area contributed by atoms with E-state index in [2.05, 4.69) is 10.3 Å². The molecular formula is C18H16N2O6S. The molecule has 3 aromatic rings. The highest BCUT2D eigenvalue weighted by Gasteiger charge is 2.15. The first kappa shape index (κ1) is 18.6. The lowest BCUT2D eigenvalue weighted by molar-refractivity contribution is -0.141. The molecule has 0 saturated heterocycles. The number of aromatic nitrogens is 1. The first-order chi connectivity index (χ1) is 12.8. The molecule has 0 aliphatic carbocycles. The Hall–Kier alpha value is -3.20. The van der Waals surface area contributed by atoms with Gasteiger partial charge in [-0.25, -0.2) is 4.98 Å². The van der Waals surface area contributed by atoms with Crippen LogP contribution >= 0.6 is 11.3 Å². The monoisotopic (exact) mass is 388 g/mol. The molecule has 1 atom stereocenters. The summed E-state index contributed by atoms with van der Waals surface area (Å²) in [6.07, 6.45) is 1.35. The SMILES string of the molecule is Cc1nc(-c2coc3cc(OCC(=O)N[C@H](C)C(=O)O)ccc3c2=O)cs1. The third-order valence-electron chi connectivity index (χ3n) is 3.76. The minimum Gasteiger partial charge on any atom is -0.484 e. The Kier molecular flexibility index (Phi) is 5.22. The van der Waals surface area contributed by atoms with Gasteiger partial charge < -0.3 is 19.6 Å². The lowest BCUT2D eigenvalue weighted by Gasteiger charge is -2.10. The summed E-state index contributed by atoms with van der Waals surface area (Å²) in [5.41, 5.74) is 1.05. The van der Waals surface area contributed by atoms with Crippen LogP contribution in [0.1, 0.15) is 11.9 Å². The largest absolute Gasteiger partial charge is 0.484 e. The molecule has 0 spiro atoms. The van der Waals surface area contributed by atoms with Crippen molar-refractivity contribution in [3.05, 3.63) is 45.1 Å². The molecule has 27 heavy (non-hydrogen) atoms. The number of amides is 1. The number of carboxylic acid groups (broad SMARTS) is 1. The predicted octanol–water partition coefficient (Wildman–Crippen LogP) is 2.19. The van der Waals surface area contributed by atoms with E-state index in [1.807, 2.05) is 6.92 Å². The number of benzene rings is 1. The molecule has 0 aliphatic heterocycles. The molecule has 9 heteroatoms. The van der Waals surface area contributed by atoms with Crippen molar-refractivity contribution in [1.82, 2.24) is 10.3 Å². The Morgan fingerprint density at radius 1 is 1.41 bits per heavy atom. The third-order valence-corrected chi connectivity index (χ3v) is 4.53. The smallest absolute Gasteiger partial charge is 0.325 e. The van der Waals surface area contributed by atoms with E-state index in [1.54, 1.807) is 17.5 Å². The van der Waals surface area contributed by atoms with Gasteiger partial charge in [-0.05, 0) is 26.0 Å². The summed E-state index contributed by atoms with van der Waals surface area (Å²) in [7, 11) is 0. The van der Waals surface area contributed by atoms with Crippen LogP contribution in [-0.4, -0.2) is 34.6 Å². The van der Waals surface area contributed by atoms with E-state index in [0.717, 1.165) is 5.01 Å². The molecule has 2 N–H and O–H groups in total. The summed E-state index contributed by atoms with van der Waals surface area (Å²) >= 11 is 1.44. The van der Waals surface area contributed by atoms with Crippen LogP contribution in [0.3, 0.4) is 0 Å². The van der Waals surface area contributed by atoms with Gasteiger partial charge >= 0.3 is 5.97 Å². The van der Waals surface area contributed by atoms with Crippen molar-refractivity contribution in [2.24, 2.45) is 0 Å². The Morgan fingerprint density at radius 2 is 2.19 bits per heavy atom. The van der Waals surface area contributed by atoms with Crippen LogP contribution in [-0.2, 0) is 9.59 Å². The molecule has 0 fully saturated rings. The van der Waals surface area contributed by atoms with Crippen molar-refractivity contribution >= 4 is 34.2 Å². The average molecular weight is 388 g/mol. The summed E-state index contributed by atoms with van der Waals surface area (Å²) in [6, 6.07) is 3.59. The number of thiazole rings is 1. The van der Waals surface area contributed by atoms with Crippen LogP contribution in [0.25, 0.3) is 22.2 Å². The van der Waals surface area contributed by atoms with E-state index < -0.39 is 17.9 Å². The summed E-state index contributed by atoms with van der Waals surface area (Å²) in [6.45, 7) is 2.85. The highest BCUT2D eigenvalue weighted by molar-refractivity contribution is 7.09. The lowest BCUT2D eigenvalue weighted by Crippen LogP contribution is -2.40. The molecule has 0 saturated carbocycles. The number of carbonyl (C=O) groups is 2. The molecule has 140 valence electrons. The maximum atomic E-state index is 12.6. The van der Waals surface area contributed by atoms with Crippen LogP contribution in [0.5, 0.6) is 5.75 Å². The number of fused-ring (bicyclic) bond motifs is 1. The molecule has 1 amide bonds. The van der Waals surface area contributed by atoms with Gasteiger partial charge in [0.25, 0.3) is 5.91 Å². The topological polar surface area (TPSA) is 119 Å². The van der Waals surface area contributed by atoms with Gasteiger partial charge in [0.1, 0.15) is 23.6 Å². The van der Waals surface area contributed by atoms with E-state index in [-0.39, 0.29) is 12.0 Å². The number of nitrogens with zero attached hydrogens (tertiary/aromatic N) is 1. The number of hydrogen-bond donors (Lipinski definition) is 2. The zero-order valence-electron chi connectivity index (χ0n) is 14.5. The van der Waals surface area contributed by atoms with Gasteiger partial charge in [-0.15, -0.1) is 11.3 Å². The Balaban J connectivity index is 1.77. The number of nitrogens with one attached hydrogen (secondary N) is 1. The molecule has 0 radical (unpaired) electrons. The highest BCUT2D eigenvalue weighted by Crippen LogP contribution is 2.24. The average Bonchev–Trinajstić information content (AvgIpc) is 3.06. The highest BCUT2D eigenvalue weighted by atomic mass is 32.1. The number of rotatable bonds is 6. The summed E-state index contributed by atoms with van der Waals surface area (Å²) < 4.78 is 10.9. The molecule has 1 aromatic carbocycles. The fourth-order valence-electron chi connectivity index (χ4n) is 2.36. The second-order valence-electron chi connectivity index (χ2n) is 5.80. The van der Waals surface area contributed by atoms with Crippen molar-refractivity contribution < 1.29 is 23.8 Å². The molecule has 2 aromatic heterocycles. The first-order valence-electron chi connectivity index (χ1n) is 7.98. The van der Waals surface area contributed by atoms with Crippen molar-refractivity contribution in [2.45, 2.75) is 19.9 Å². The summed E-state index contributed by atoms with van der Waals surface area (Å²) in [5.74, 6) is -1.39. The third kappa shape index (κ3) is 4.14. The zero-order valence-corrected chi connectivity index (χ0v) is 15.3. The Labute approximate surface area is 157 Å². The minimum atomic E-state index is -1.14. The van der Waals surface area contributed by atoms with Crippen LogP contribution in [0.4, 0.5) is 0 Å². The number of carboxylic acids is 1. The predicted molar refractivity (Wildman–Crippen MR) is 99.1 cm³/mol. The second kappa shape index (κ2) is 7.58. The Morgan fingerprint density at radius 3 is 2.85 bits per heavy atom. The van der Waals surface area contributed by atoms with E-state index in [0.29, 0.717) is 28.0 Å². The van der Waals surface area contributed by atoms with Gasteiger partial charge in [-0.2, -0.15) is 0 Å². The van der Waals surface area contributed by atoms with E-state index in [4.69, 9.17) is 14.3 Å². The zero-order chi connectivity index (χ0) is 19.6. The van der Waals surface area contributed by atoms with E-state index >= 15 is 0 Å². The lowest BCUT2D eigenvalue weighted by atomic mass is 10.1. The van der Waals surface area contributed by atoms with Crippen LogP contribution in [0, 0.1) is 6.92 Å². The quantitative estimate of drug-likeness (QED) is 0.664. The van der Waals surface area contributed by atoms with Crippen LogP contribution < -0.4 is 15.5 Å². The van der Waals surface area contributed by atoms with Gasteiger partial charge in [-0.1, -0.05) is 0 Å².